The van der Waals surface area contributed by atoms with Crippen LogP contribution in [0.5, 0.6) is 0 Å². The lowest BCUT2D eigenvalue weighted by Gasteiger charge is -2.22. The van der Waals surface area contributed by atoms with Crippen LogP contribution in [0, 0.1) is 11.8 Å². The summed E-state index contributed by atoms with van der Waals surface area (Å²) in [7, 11) is 0. The van der Waals surface area contributed by atoms with E-state index in [0.717, 1.165) is 31.0 Å². The first-order valence-electron chi connectivity index (χ1n) is 5.35. The summed E-state index contributed by atoms with van der Waals surface area (Å²) in [5.41, 5.74) is 0. The summed E-state index contributed by atoms with van der Waals surface area (Å²) < 4.78 is 5.36. The van der Waals surface area contributed by atoms with E-state index in [-0.39, 0.29) is 0 Å². The van der Waals surface area contributed by atoms with Crippen LogP contribution < -0.4 is 5.32 Å². The van der Waals surface area contributed by atoms with E-state index in [2.05, 4.69) is 10.3 Å². The van der Waals surface area contributed by atoms with Gasteiger partial charge in [0.15, 0.2) is 0 Å². The molecule has 3 nitrogen and oxygen atoms in total. The molecule has 0 amide bonds. The minimum Gasteiger partial charge on any atom is -0.463 e. The van der Waals surface area contributed by atoms with Gasteiger partial charge in [-0.25, -0.2) is 4.99 Å². The maximum Gasteiger partial charge on any atom is 0.285 e. The van der Waals surface area contributed by atoms with Crippen LogP contribution in [0.4, 0.5) is 0 Å². The van der Waals surface area contributed by atoms with Crippen LogP contribution in [-0.2, 0) is 4.74 Å². The molecule has 72 valence electrons. The van der Waals surface area contributed by atoms with Crippen LogP contribution in [0.3, 0.4) is 0 Å². The molecule has 3 heteroatoms. The Kier molecular flexibility index (Phi) is 1.70. The van der Waals surface area contributed by atoms with Crippen LogP contribution in [0.25, 0.3) is 0 Å². The van der Waals surface area contributed by atoms with E-state index in [1.165, 1.54) is 25.7 Å². The summed E-state index contributed by atoms with van der Waals surface area (Å²) in [6.45, 7) is 1.60. The number of hydrogen-bond acceptors (Lipinski definition) is 3. The molecule has 3 rings (SSSR count). The van der Waals surface area contributed by atoms with E-state index in [9.17, 15) is 0 Å². The number of nitrogens with zero attached hydrogens (tertiary/aromatic N) is 1. The van der Waals surface area contributed by atoms with Gasteiger partial charge in [-0.1, -0.05) is 6.42 Å². The molecule has 0 aromatic heterocycles. The average molecular weight is 180 g/mol. The van der Waals surface area contributed by atoms with Crippen molar-refractivity contribution in [2.24, 2.45) is 16.8 Å². The summed E-state index contributed by atoms with van der Waals surface area (Å²) in [4.78, 5) is 4.27. The predicted molar refractivity (Wildman–Crippen MR) is 50.6 cm³/mol. The summed E-state index contributed by atoms with van der Waals surface area (Å²) in [5.74, 6) is 1.89. The fourth-order valence-electron chi connectivity index (χ4n) is 3.00. The van der Waals surface area contributed by atoms with Crippen molar-refractivity contribution in [2.75, 3.05) is 13.2 Å². The third kappa shape index (κ3) is 1.30. The molecule has 3 aliphatic rings. The van der Waals surface area contributed by atoms with Gasteiger partial charge >= 0.3 is 0 Å². The van der Waals surface area contributed by atoms with Crippen molar-refractivity contribution in [3.8, 4) is 0 Å². The van der Waals surface area contributed by atoms with Gasteiger partial charge in [-0.05, 0) is 31.1 Å². The summed E-state index contributed by atoms with van der Waals surface area (Å²) in [6.07, 6.45) is 5.64. The smallest absolute Gasteiger partial charge is 0.285 e. The van der Waals surface area contributed by atoms with E-state index in [1.54, 1.807) is 0 Å². The topological polar surface area (TPSA) is 33.6 Å². The van der Waals surface area contributed by atoms with Crippen molar-refractivity contribution >= 4 is 6.02 Å². The highest BCUT2D eigenvalue weighted by molar-refractivity contribution is 5.75. The third-order valence-corrected chi connectivity index (χ3v) is 3.63. The molecule has 0 aromatic rings. The van der Waals surface area contributed by atoms with Crippen molar-refractivity contribution in [3.63, 3.8) is 0 Å². The monoisotopic (exact) mass is 180 g/mol. The van der Waals surface area contributed by atoms with Gasteiger partial charge in [-0.2, -0.15) is 0 Å². The number of ether oxygens (including phenoxy) is 1. The zero-order valence-corrected chi connectivity index (χ0v) is 7.83. The first-order chi connectivity index (χ1) is 6.42. The van der Waals surface area contributed by atoms with Crippen LogP contribution >= 0.6 is 0 Å². The molecule has 2 saturated carbocycles. The number of nitrogens with one attached hydrogen (secondary N) is 1. The molecule has 0 radical (unpaired) electrons. The second-order valence-corrected chi connectivity index (χ2v) is 4.46. The van der Waals surface area contributed by atoms with Gasteiger partial charge in [0, 0.05) is 6.04 Å². The molecule has 2 fully saturated rings. The fraction of sp³-hybridized carbons (Fsp3) is 0.900. The van der Waals surface area contributed by atoms with Gasteiger partial charge in [0.05, 0.1) is 6.54 Å². The van der Waals surface area contributed by atoms with E-state index in [1.807, 2.05) is 0 Å². The summed E-state index contributed by atoms with van der Waals surface area (Å²) in [5, 5.41) is 3.44. The summed E-state index contributed by atoms with van der Waals surface area (Å²) in [6, 6.07) is 1.47. The average Bonchev–Trinajstić information content (AvgIpc) is 2.77. The van der Waals surface area contributed by atoms with Gasteiger partial charge in [-0.15, -0.1) is 0 Å². The largest absolute Gasteiger partial charge is 0.463 e. The molecule has 2 aliphatic carbocycles. The quantitative estimate of drug-likeness (QED) is 0.656. The van der Waals surface area contributed by atoms with Crippen LogP contribution in [0.2, 0.25) is 0 Å². The Hall–Kier alpha value is -0.730. The molecular formula is C10H16N2O. The zero-order valence-electron chi connectivity index (χ0n) is 7.83. The lowest BCUT2D eigenvalue weighted by atomic mass is 9.96. The van der Waals surface area contributed by atoms with Crippen LogP contribution in [-0.4, -0.2) is 25.2 Å². The molecule has 0 saturated heterocycles. The van der Waals surface area contributed by atoms with E-state index in [0.29, 0.717) is 6.04 Å². The summed E-state index contributed by atoms with van der Waals surface area (Å²) >= 11 is 0. The van der Waals surface area contributed by atoms with E-state index in [4.69, 9.17) is 4.74 Å². The van der Waals surface area contributed by atoms with E-state index < -0.39 is 0 Å². The molecule has 3 atom stereocenters. The maximum absolute atomic E-state index is 5.36. The fourth-order valence-corrected chi connectivity index (χ4v) is 3.00. The van der Waals surface area contributed by atoms with Gasteiger partial charge in [0.1, 0.15) is 6.61 Å². The number of amidine groups is 1. The Morgan fingerprint density at radius 2 is 2.31 bits per heavy atom. The van der Waals surface area contributed by atoms with Gasteiger partial charge in [0.2, 0.25) is 0 Å². The van der Waals surface area contributed by atoms with Crippen molar-refractivity contribution in [1.82, 2.24) is 5.32 Å². The van der Waals surface area contributed by atoms with E-state index >= 15 is 0 Å². The minimum absolute atomic E-state index is 0.663. The Morgan fingerprint density at radius 3 is 2.92 bits per heavy atom. The lowest BCUT2D eigenvalue weighted by molar-refractivity contribution is 0.306. The highest BCUT2D eigenvalue weighted by Crippen LogP contribution is 2.44. The highest BCUT2D eigenvalue weighted by Gasteiger charge is 2.40. The number of rotatable bonds is 1. The molecule has 0 spiro atoms. The molecule has 2 bridgehead atoms. The van der Waals surface area contributed by atoms with Gasteiger partial charge in [-0.3, -0.25) is 0 Å². The molecular weight excluding hydrogens is 164 g/mol. The maximum atomic E-state index is 5.36. The zero-order chi connectivity index (χ0) is 8.67. The SMILES string of the molecule is C1COC(NC2C[C@@H]3CC[C@H]2C3)=N1. The first-order valence-corrected chi connectivity index (χ1v) is 5.35. The van der Waals surface area contributed by atoms with Crippen molar-refractivity contribution < 1.29 is 4.74 Å². The Bertz CT molecular complexity index is 239. The Balaban J connectivity index is 1.61. The Labute approximate surface area is 78.6 Å². The van der Waals surface area contributed by atoms with Crippen LogP contribution in [0.15, 0.2) is 4.99 Å². The third-order valence-electron chi connectivity index (χ3n) is 3.63. The second-order valence-electron chi connectivity index (χ2n) is 4.46. The molecule has 0 aromatic carbocycles. The van der Waals surface area contributed by atoms with Gasteiger partial charge < -0.3 is 10.1 Å². The normalized spacial score (nSPS) is 41.8. The molecule has 1 unspecified atom stereocenters. The molecule has 1 aliphatic heterocycles. The van der Waals surface area contributed by atoms with Crippen molar-refractivity contribution in [1.29, 1.82) is 0 Å². The molecule has 1 heterocycles. The van der Waals surface area contributed by atoms with Gasteiger partial charge in [0.25, 0.3) is 6.02 Å². The second kappa shape index (κ2) is 2.89. The number of hydrogen-bond donors (Lipinski definition) is 1. The number of fused-ring (bicyclic) bond motifs is 2. The van der Waals surface area contributed by atoms with Crippen LogP contribution in [0.1, 0.15) is 25.7 Å². The van der Waals surface area contributed by atoms with Crippen molar-refractivity contribution in [2.45, 2.75) is 31.7 Å². The lowest BCUT2D eigenvalue weighted by Crippen LogP contribution is -2.38. The standard InChI is InChI=1S/C10H16N2O/c1-2-8-5-7(1)6-9(8)12-10-11-3-4-13-10/h7-9H,1-6H2,(H,11,12)/t7-,8+,9?/m1/s1. The first kappa shape index (κ1) is 7.65. The van der Waals surface area contributed by atoms with Crippen molar-refractivity contribution in [3.05, 3.63) is 0 Å². The highest BCUT2D eigenvalue weighted by atomic mass is 16.5. The predicted octanol–water partition coefficient (Wildman–Crippen LogP) is 1.15. The number of aliphatic imine (C=N–C) groups is 1. The Morgan fingerprint density at radius 1 is 1.31 bits per heavy atom. The molecule has 1 N–H and O–H groups in total. The molecule has 13 heavy (non-hydrogen) atoms. The minimum atomic E-state index is 0.663.